The van der Waals surface area contributed by atoms with Gasteiger partial charge in [0.15, 0.2) is 0 Å². The molecule has 116 valence electrons. The molecule has 3 N–H and O–H groups in total. The lowest BCUT2D eigenvalue weighted by molar-refractivity contribution is -0.135. The summed E-state index contributed by atoms with van der Waals surface area (Å²) >= 11 is 0. The molecular formula is C15H22N2O4. The van der Waals surface area contributed by atoms with Crippen molar-refractivity contribution in [1.82, 2.24) is 5.32 Å². The first kappa shape index (κ1) is 15.6. The summed E-state index contributed by atoms with van der Waals surface area (Å²) in [4.78, 5) is 12.7. The SMILES string of the molecule is COc1cc(CNCC(=O)O)ccc1N1CCC(O)CC1. The molecule has 0 aliphatic carbocycles. The number of anilines is 1. The predicted octanol–water partition coefficient (Wildman–Crippen LogP) is 0.830. The van der Waals surface area contributed by atoms with Crippen LogP contribution < -0.4 is 15.0 Å². The number of ether oxygens (including phenoxy) is 1. The highest BCUT2D eigenvalue weighted by Gasteiger charge is 2.19. The average molecular weight is 294 g/mol. The summed E-state index contributed by atoms with van der Waals surface area (Å²) in [7, 11) is 1.63. The van der Waals surface area contributed by atoms with Crippen molar-refractivity contribution in [3.8, 4) is 5.75 Å². The van der Waals surface area contributed by atoms with Crippen LogP contribution in [0.3, 0.4) is 0 Å². The van der Waals surface area contributed by atoms with Crippen molar-refractivity contribution >= 4 is 11.7 Å². The number of benzene rings is 1. The third-order valence-electron chi connectivity index (χ3n) is 3.65. The first-order valence-corrected chi connectivity index (χ1v) is 7.12. The summed E-state index contributed by atoms with van der Waals surface area (Å²) in [6.07, 6.45) is 1.34. The molecule has 1 saturated heterocycles. The van der Waals surface area contributed by atoms with Gasteiger partial charge in [-0.1, -0.05) is 6.07 Å². The van der Waals surface area contributed by atoms with Crippen LogP contribution in [0.15, 0.2) is 18.2 Å². The van der Waals surface area contributed by atoms with Crippen molar-refractivity contribution in [3.05, 3.63) is 23.8 Å². The van der Waals surface area contributed by atoms with Gasteiger partial charge in [0.1, 0.15) is 5.75 Å². The Bertz CT molecular complexity index is 485. The zero-order valence-electron chi connectivity index (χ0n) is 12.2. The van der Waals surface area contributed by atoms with Crippen molar-refractivity contribution in [2.75, 3.05) is 31.6 Å². The van der Waals surface area contributed by atoms with Crippen LogP contribution in [0, 0.1) is 0 Å². The van der Waals surface area contributed by atoms with Gasteiger partial charge >= 0.3 is 5.97 Å². The number of methoxy groups -OCH3 is 1. The minimum absolute atomic E-state index is 0.0614. The van der Waals surface area contributed by atoms with E-state index in [1.54, 1.807) is 7.11 Å². The number of nitrogens with one attached hydrogen (secondary N) is 1. The molecule has 0 unspecified atom stereocenters. The number of aliphatic hydroxyl groups excluding tert-OH is 1. The highest BCUT2D eigenvalue weighted by atomic mass is 16.5. The van der Waals surface area contributed by atoms with Crippen molar-refractivity contribution in [2.45, 2.75) is 25.5 Å². The van der Waals surface area contributed by atoms with Gasteiger partial charge in [0, 0.05) is 19.6 Å². The van der Waals surface area contributed by atoms with E-state index in [4.69, 9.17) is 9.84 Å². The Morgan fingerprint density at radius 3 is 2.76 bits per heavy atom. The lowest BCUT2D eigenvalue weighted by Crippen LogP contribution is -2.36. The molecule has 1 aliphatic rings. The van der Waals surface area contributed by atoms with Gasteiger partial charge in [0.25, 0.3) is 0 Å². The highest BCUT2D eigenvalue weighted by molar-refractivity contribution is 5.69. The van der Waals surface area contributed by atoms with Crippen LogP contribution in [0.1, 0.15) is 18.4 Å². The van der Waals surface area contributed by atoms with Crippen molar-refractivity contribution in [2.24, 2.45) is 0 Å². The molecular weight excluding hydrogens is 272 g/mol. The molecule has 0 saturated carbocycles. The molecule has 0 bridgehead atoms. The van der Waals surface area contributed by atoms with E-state index >= 15 is 0 Å². The summed E-state index contributed by atoms with van der Waals surface area (Å²) in [6.45, 7) is 2.05. The van der Waals surface area contributed by atoms with E-state index in [0.717, 1.165) is 42.9 Å². The number of aliphatic hydroxyl groups is 1. The quantitative estimate of drug-likeness (QED) is 0.721. The average Bonchev–Trinajstić information content (AvgIpc) is 2.48. The van der Waals surface area contributed by atoms with Crippen molar-refractivity contribution < 1.29 is 19.7 Å². The van der Waals surface area contributed by atoms with E-state index in [1.807, 2.05) is 18.2 Å². The van der Waals surface area contributed by atoms with Crippen LogP contribution in [-0.4, -0.2) is 49.0 Å². The minimum atomic E-state index is -0.870. The Morgan fingerprint density at radius 1 is 1.43 bits per heavy atom. The zero-order chi connectivity index (χ0) is 15.2. The topological polar surface area (TPSA) is 82.0 Å². The van der Waals surface area contributed by atoms with E-state index in [9.17, 15) is 9.90 Å². The van der Waals surface area contributed by atoms with Gasteiger partial charge in [-0.25, -0.2) is 0 Å². The summed E-state index contributed by atoms with van der Waals surface area (Å²) in [6, 6.07) is 5.89. The number of carboxylic acid groups (broad SMARTS) is 1. The Morgan fingerprint density at radius 2 is 2.14 bits per heavy atom. The maximum absolute atomic E-state index is 10.5. The molecule has 0 aromatic heterocycles. The molecule has 6 nitrogen and oxygen atoms in total. The number of hydrogen-bond acceptors (Lipinski definition) is 5. The van der Waals surface area contributed by atoms with Gasteiger partial charge < -0.3 is 25.2 Å². The normalized spacial score (nSPS) is 16.0. The Kier molecular flexibility index (Phi) is 5.41. The molecule has 21 heavy (non-hydrogen) atoms. The number of hydrogen-bond donors (Lipinski definition) is 3. The summed E-state index contributed by atoms with van der Waals surface area (Å²) in [5.41, 5.74) is 2.00. The Balaban J connectivity index is 2.04. The largest absolute Gasteiger partial charge is 0.495 e. The second-order valence-electron chi connectivity index (χ2n) is 5.22. The second-order valence-corrected chi connectivity index (χ2v) is 5.22. The van der Waals surface area contributed by atoms with E-state index in [1.165, 1.54) is 0 Å². The van der Waals surface area contributed by atoms with Gasteiger partial charge in [-0.15, -0.1) is 0 Å². The fourth-order valence-corrected chi connectivity index (χ4v) is 2.51. The van der Waals surface area contributed by atoms with Gasteiger partial charge in [-0.3, -0.25) is 4.79 Å². The van der Waals surface area contributed by atoms with Gasteiger partial charge in [0.2, 0.25) is 0 Å². The van der Waals surface area contributed by atoms with Crippen LogP contribution >= 0.6 is 0 Å². The molecule has 1 fully saturated rings. The summed E-state index contributed by atoms with van der Waals surface area (Å²) in [5.74, 6) is -0.0912. The summed E-state index contributed by atoms with van der Waals surface area (Å²) < 4.78 is 5.45. The molecule has 0 spiro atoms. The maximum Gasteiger partial charge on any atom is 0.317 e. The second kappa shape index (κ2) is 7.28. The highest BCUT2D eigenvalue weighted by Crippen LogP contribution is 2.31. The maximum atomic E-state index is 10.5. The number of carboxylic acids is 1. The monoisotopic (exact) mass is 294 g/mol. The fraction of sp³-hybridized carbons (Fsp3) is 0.533. The molecule has 1 aromatic carbocycles. The van der Waals surface area contributed by atoms with E-state index in [-0.39, 0.29) is 12.6 Å². The number of aliphatic carboxylic acids is 1. The van der Waals surface area contributed by atoms with Gasteiger partial charge in [-0.2, -0.15) is 0 Å². The third kappa shape index (κ3) is 4.34. The molecule has 0 radical (unpaired) electrons. The molecule has 2 rings (SSSR count). The van der Waals surface area contributed by atoms with Crippen LogP contribution in [0.5, 0.6) is 5.75 Å². The van der Waals surface area contributed by atoms with E-state index in [0.29, 0.717) is 6.54 Å². The third-order valence-corrected chi connectivity index (χ3v) is 3.65. The number of carbonyl (C=O) groups is 1. The fourth-order valence-electron chi connectivity index (χ4n) is 2.51. The standard InChI is InChI=1S/C15H22N2O4/c1-21-14-8-11(9-16-10-15(19)20)2-3-13(14)17-6-4-12(18)5-7-17/h2-3,8,12,16,18H,4-7,9-10H2,1H3,(H,19,20). The van der Waals surface area contributed by atoms with E-state index in [2.05, 4.69) is 10.2 Å². The molecule has 1 aromatic rings. The molecule has 0 amide bonds. The van der Waals surface area contributed by atoms with Crippen LogP contribution in [-0.2, 0) is 11.3 Å². The van der Waals surface area contributed by atoms with Gasteiger partial charge in [-0.05, 0) is 30.5 Å². The van der Waals surface area contributed by atoms with Crippen LogP contribution in [0.2, 0.25) is 0 Å². The number of rotatable bonds is 6. The molecule has 6 heteroatoms. The Hall–Kier alpha value is -1.79. The summed E-state index contributed by atoms with van der Waals surface area (Å²) in [5, 5.41) is 21.0. The number of piperidine rings is 1. The van der Waals surface area contributed by atoms with E-state index < -0.39 is 5.97 Å². The Labute approximate surface area is 124 Å². The predicted molar refractivity (Wildman–Crippen MR) is 79.8 cm³/mol. The number of nitrogens with zero attached hydrogens (tertiary/aromatic N) is 1. The lowest BCUT2D eigenvalue weighted by atomic mass is 10.1. The van der Waals surface area contributed by atoms with Crippen molar-refractivity contribution in [1.29, 1.82) is 0 Å². The molecule has 1 aliphatic heterocycles. The van der Waals surface area contributed by atoms with Crippen LogP contribution in [0.4, 0.5) is 5.69 Å². The lowest BCUT2D eigenvalue weighted by Gasteiger charge is -2.32. The molecule has 1 heterocycles. The molecule has 0 atom stereocenters. The zero-order valence-corrected chi connectivity index (χ0v) is 12.2. The first-order chi connectivity index (χ1) is 10.1. The smallest absolute Gasteiger partial charge is 0.317 e. The first-order valence-electron chi connectivity index (χ1n) is 7.12. The van der Waals surface area contributed by atoms with Crippen molar-refractivity contribution in [3.63, 3.8) is 0 Å². The van der Waals surface area contributed by atoms with Crippen LogP contribution in [0.25, 0.3) is 0 Å². The minimum Gasteiger partial charge on any atom is -0.495 e. The van der Waals surface area contributed by atoms with Gasteiger partial charge in [0.05, 0.1) is 25.4 Å².